The molecule has 5 nitrogen and oxygen atoms in total. The summed E-state index contributed by atoms with van der Waals surface area (Å²) in [4.78, 5) is 22.3. The third kappa shape index (κ3) is 2.12. The number of carboxylic acid groups (broad SMARTS) is 1. The standard InChI is InChI=1S/C11H5F3O5/c12-11(13,14)4-1-2-6-5(3-4)7(15)8(16)9(19-6)10(17)18/h1-3,16H,(H,17,18). The molecule has 0 aliphatic carbocycles. The van der Waals surface area contributed by atoms with Gasteiger partial charge >= 0.3 is 12.1 Å². The van der Waals surface area contributed by atoms with Crippen LogP contribution in [0.4, 0.5) is 13.2 Å². The highest BCUT2D eigenvalue weighted by Gasteiger charge is 2.31. The molecular weight excluding hydrogens is 269 g/mol. The van der Waals surface area contributed by atoms with Crippen molar-refractivity contribution in [3.63, 3.8) is 0 Å². The number of carbonyl (C=O) groups is 1. The van der Waals surface area contributed by atoms with Gasteiger partial charge in [-0.25, -0.2) is 4.79 Å². The van der Waals surface area contributed by atoms with Crippen LogP contribution in [-0.4, -0.2) is 16.2 Å². The Bertz CT molecular complexity index is 729. The van der Waals surface area contributed by atoms with Crippen LogP contribution < -0.4 is 5.43 Å². The second-order valence-corrected chi connectivity index (χ2v) is 3.62. The molecule has 19 heavy (non-hydrogen) atoms. The summed E-state index contributed by atoms with van der Waals surface area (Å²) in [6.45, 7) is 0. The fourth-order valence-corrected chi connectivity index (χ4v) is 1.51. The molecule has 2 aromatic rings. The molecule has 1 aromatic carbocycles. The second kappa shape index (κ2) is 4.01. The molecule has 0 bridgehead atoms. The van der Waals surface area contributed by atoms with Crippen LogP contribution in [0.5, 0.6) is 5.75 Å². The molecule has 1 aromatic heterocycles. The summed E-state index contributed by atoms with van der Waals surface area (Å²) < 4.78 is 42.1. The SMILES string of the molecule is O=C(O)c1oc2ccc(C(F)(F)F)cc2c(=O)c1O. The van der Waals surface area contributed by atoms with Crippen molar-refractivity contribution in [2.24, 2.45) is 0 Å². The fraction of sp³-hybridized carbons (Fsp3) is 0.0909. The molecule has 2 N–H and O–H groups in total. The van der Waals surface area contributed by atoms with E-state index in [1.165, 1.54) is 0 Å². The zero-order valence-electron chi connectivity index (χ0n) is 8.99. The van der Waals surface area contributed by atoms with Crippen molar-refractivity contribution in [1.82, 2.24) is 0 Å². The first-order valence-corrected chi connectivity index (χ1v) is 4.82. The van der Waals surface area contributed by atoms with E-state index in [9.17, 15) is 27.9 Å². The fourth-order valence-electron chi connectivity index (χ4n) is 1.51. The average Bonchev–Trinajstić information content (AvgIpc) is 2.31. The van der Waals surface area contributed by atoms with E-state index in [-0.39, 0.29) is 5.58 Å². The van der Waals surface area contributed by atoms with E-state index in [2.05, 4.69) is 4.42 Å². The largest absolute Gasteiger partial charge is 0.501 e. The van der Waals surface area contributed by atoms with Gasteiger partial charge in [0.2, 0.25) is 11.2 Å². The highest BCUT2D eigenvalue weighted by atomic mass is 19.4. The molecule has 0 spiro atoms. The number of rotatable bonds is 1. The lowest BCUT2D eigenvalue weighted by atomic mass is 10.1. The van der Waals surface area contributed by atoms with Crippen molar-refractivity contribution < 1.29 is 32.6 Å². The van der Waals surface area contributed by atoms with Crippen molar-refractivity contribution in [3.05, 3.63) is 39.7 Å². The van der Waals surface area contributed by atoms with Gasteiger partial charge in [0.15, 0.2) is 0 Å². The first kappa shape index (κ1) is 12.9. The zero-order chi connectivity index (χ0) is 14.4. The third-order valence-electron chi connectivity index (χ3n) is 2.39. The van der Waals surface area contributed by atoms with E-state index in [1.54, 1.807) is 0 Å². The minimum Gasteiger partial charge on any atom is -0.501 e. The Balaban J connectivity index is 2.83. The monoisotopic (exact) mass is 274 g/mol. The molecule has 0 aliphatic rings. The van der Waals surface area contributed by atoms with Crippen molar-refractivity contribution in [1.29, 1.82) is 0 Å². The van der Waals surface area contributed by atoms with Gasteiger partial charge < -0.3 is 14.6 Å². The maximum Gasteiger partial charge on any atom is 0.416 e. The highest BCUT2D eigenvalue weighted by molar-refractivity contribution is 5.91. The third-order valence-corrected chi connectivity index (χ3v) is 2.39. The zero-order valence-corrected chi connectivity index (χ0v) is 8.99. The molecule has 0 atom stereocenters. The van der Waals surface area contributed by atoms with E-state index >= 15 is 0 Å². The summed E-state index contributed by atoms with van der Waals surface area (Å²) in [5.41, 5.74) is -2.69. The molecule has 0 saturated heterocycles. The predicted molar refractivity (Wildman–Crippen MR) is 56.1 cm³/mol. The lowest BCUT2D eigenvalue weighted by Gasteiger charge is -2.07. The van der Waals surface area contributed by atoms with Crippen LogP contribution in [0, 0.1) is 0 Å². The van der Waals surface area contributed by atoms with Gasteiger partial charge in [-0.15, -0.1) is 0 Å². The molecule has 8 heteroatoms. The predicted octanol–water partition coefficient (Wildman–Crippen LogP) is 2.22. The average molecular weight is 274 g/mol. The summed E-state index contributed by atoms with van der Waals surface area (Å²) in [5, 5.41) is 17.4. The van der Waals surface area contributed by atoms with Crippen LogP contribution in [0.15, 0.2) is 27.4 Å². The minimum atomic E-state index is -4.66. The van der Waals surface area contributed by atoms with Crippen molar-refractivity contribution in [2.45, 2.75) is 6.18 Å². The topological polar surface area (TPSA) is 87.7 Å². The normalized spacial score (nSPS) is 11.7. The van der Waals surface area contributed by atoms with Crippen molar-refractivity contribution in [2.75, 3.05) is 0 Å². The number of alkyl halides is 3. The summed E-state index contributed by atoms with van der Waals surface area (Å²) >= 11 is 0. The first-order valence-electron chi connectivity index (χ1n) is 4.82. The number of carboxylic acids is 1. The second-order valence-electron chi connectivity index (χ2n) is 3.62. The van der Waals surface area contributed by atoms with E-state index < -0.39 is 40.0 Å². The molecule has 0 saturated carbocycles. The maximum atomic E-state index is 12.5. The molecule has 0 amide bonds. The lowest BCUT2D eigenvalue weighted by molar-refractivity contribution is -0.137. The number of hydrogen-bond acceptors (Lipinski definition) is 4. The Kier molecular flexibility index (Phi) is 2.73. The Hall–Kier alpha value is -2.51. The Morgan fingerprint density at radius 1 is 1.26 bits per heavy atom. The van der Waals surface area contributed by atoms with Crippen LogP contribution >= 0.6 is 0 Å². The molecule has 1 heterocycles. The van der Waals surface area contributed by atoms with Gasteiger partial charge in [-0.3, -0.25) is 4.79 Å². The number of halogens is 3. The lowest BCUT2D eigenvalue weighted by Crippen LogP contribution is -2.10. The van der Waals surface area contributed by atoms with E-state index in [4.69, 9.17) is 5.11 Å². The molecular formula is C11H5F3O5. The summed E-state index contributed by atoms with van der Waals surface area (Å²) in [6, 6.07) is 1.96. The van der Waals surface area contributed by atoms with Crippen LogP contribution in [0.25, 0.3) is 11.0 Å². The van der Waals surface area contributed by atoms with Gasteiger partial charge in [-0.2, -0.15) is 13.2 Å². The Morgan fingerprint density at radius 2 is 1.89 bits per heavy atom. The minimum absolute atomic E-state index is 0.354. The Morgan fingerprint density at radius 3 is 2.42 bits per heavy atom. The van der Waals surface area contributed by atoms with Crippen LogP contribution in [-0.2, 0) is 6.18 Å². The van der Waals surface area contributed by atoms with Crippen LogP contribution in [0.2, 0.25) is 0 Å². The van der Waals surface area contributed by atoms with Gasteiger partial charge in [-0.05, 0) is 18.2 Å². The van der Waals surface area contributed by atoms with Gasteiger partial charge in [0.05, 0.1) is 10.9 Å². The van der Waals surface area contributed by atoms with Crippen molar-refractivity contribution >= 4 is 16.9 Å². The molecule has 2 rings (SSSR count). The molecule has 0 radical (unpaired) electrons. The summed E-state index contributed by atoms with van der Waals surface area (Å²) in [5.74, 6) is -3.95. The summed E-state index contributed by atoms with van der Waals surface area (Å²) in [7, 11) is 0. The van der Waals surface area contributed by atoms with Gasteiger partial charge in [0.1, 0.15) is 5.58 Å². The van der Waals surface area contributed by atoms with E-state index in [0.717, 1.165) is 6.07 Å². The smallest absolute Gasteiger partial charge is 0.416 e. The number of hydrogen-bond donors (Lipinski definition) is 2. The molecule has 0 fully saturated rings. The van der Waals surface area contributed by atoms with Gasteiger partial charge in [-0.1, -0.05) is 0 Å². The molecule has 0 unspecified atom stereocenters. The molecule has 100 valence electrons. The highest BCUT2D eigenvalue weighted by Crippen LogP contribution is 2.31. The van der Waals surface area contributed by atoms with Crippen LogP contribution in [0.3, 0.4) is 0 Å². The number of aromatic hydroxyl groups is 1. The summed E-state index contributed by atoms with van der Waals surface area (Å²) in [6.07, 6.45) is -4.66. The van der Waals surface area contributed by atoms with Crippen LogP contribution in [0.1, 0.15) is 16.1 Å². The molecule has 0 aliphatic heterocycles. The van der Waals surface area contributed by atoms with Crippen molar-refractivity contribution in [3.8, 4) is 5.75 Å². The van der Waals surface area contributed by atoms with E-state index in [1.807, 2.05) is 0 Å². The number of benzene rings is 1. The maximum absolute atomic E-state index is 12.5. The van der Waals surface area contributed by atoms with E-state index in [0.29, 0.717) is 12.1 Å². The van der Waals surface area contributed by atoms with Gasteiger partial charge in [0, 0.05) is 0 Å². The first-order chi connectivity index (χ1) is 8.71. The Labute approximate surface area is 102 Å². The number of aromatic carboxylic acids is 1. The quantitative estimate of drug-likeness (QED) is 0.832. The van der Waals surface area contributed by atoms with Gasteiger partial charge in [0.25, 0.3) is 5.76 Å². The number of fused-ring (bicyclic) bond motifs is 1.